The fraction of sp³-hybridized carbons (Fsp3) is 0.125. The highest BCUT2D eigenvalue weighted by Crippen LogP contribution is 2.15. The molecule has 2 rings (SSSR count). The highest BCUT2D eigenvalue weighted by atomic mass is 32.2. The monoisotopic (exact) mass is 211 g/mol. The van der Waals surface area contributed by atoms with Crippen LogP contribution in [0, 0.1) is 0 Å². The van der Waals surface area contributed by atoms with Crippen molar-refractivity contribution in [2.75, 3.05) is 11.0 Å². The van der Waals surface area contributed by atoms with Gasteiger partial charge < -0.3 is 4.40 Å². The number of sulfonamides is 1. The van der Waals surface area contributed by atoms with Gasteiger partial charge in [-0.05, 0) is 12.1 Å². The molecule has 6 heteroatoms. The summed E-state index contributed by atoms with van der Waals surface area (Å²) in [4.78, 5) is 4.04. The maximum absolute atomic E-state index is 11.0. The minimum absolute atomic E-state index is 0.486. The van der Waals surface area contributed by atoms with Crippen molar-refractivity contribution in [3.8, 4) is 0 Å². The van der Waals surface area contributed by atoms with E-state index in [1.54, 1.807) is 35.1 Å². The van der Waals surface area contributed by atoms with Gasteiger partial charge in [-0.15, -0.1) is 0 Å². The van der Waals surface area contributed by atoms with E-state index in [9.17, 15) is 8.42 Å². The van der Waals surface area contributed by atoms with E-state index in [1.807, 2.05) is 0 Å². The lowest BCUT2D eigenvalue weighted by Gasteiger charge is -2.04. The van der Waals surface area contributed by atoms with Gasteiger partial charge in [0.25, 0.3) is 0 Å². The maximum atomic E-state index is 11.0. The number of nitrogens with zero attached hydrogens (tertiary/aromatic N) is 2. The smallest absolute Gasteiger partial charge is 0.229 e. The number of imidazole rings is 1. The third-order valence-electron chi connectivity index (χ3n) is 1.71. The Kier molecular flexibility index (Phi) is 1.92. The average molecular weight is 211 g/mol. The number of aromatic nitrogens is 2. The second-order valence-corrected chi connectivity index (χ2v) is 4.70. The SMILES string of the molecule is CS(=O)(=O)Nc1cccn2ccnc12. The van der Waals surface area contributed by atoms with Gasteiger partial charge in [0, 0.05) is 18.6 Å². The maximum Gasteiger partial charge on any atom is 0.229 e. The van der Waals surface area contributed by atoms with Crippen molar-refractivity contribution in [3.05, 3.63) is 30.7 Å². The number of pyridine rings is 1. The van der Waals surface area contributed by atoms with Crippen molar-refractivity contribution in [1.82, 2.24) is 9.38 Å². The Morgan fingerprint density at radius 3 is 2.93 bits per heavy atom. The largest absolute Gasteiger partial charge is 0.305 e. The van der Waals surface area contributed by atoms with Crippen LogP contribution in [-0.4, -0.2) is 24.1 Å². The lowest BCUT2D eigenvalue weighted by molar-refractivity contribution is 0.607. The fourth-order valence-electron chi connectivity index (χ4n) is 1.23. The summed E-state index contributed by atoms with van der Waals surface area (Å²) in [5, 5.41) is 0. The summed E-state index contributed by atoms with van der Waals surface area (Å²) in [5.41, 5.74) is 1.08. The zero-order valence-electron chi connectivity index (χ0n) is 7.51. The molecule has 0 radical (unpaired) electrons. The molecule has 5 nitrogen and oxygen atoms in total. The molecule has 14 heavy (non-hydrogen) atoms. The molecule has 1 N–H and O–H groups in total. The molecule has 2 aromatic rings. The summed E-state index contributed by atoms with van der Waals surface area (Å²) >= 11 is 0. The second kappa shape index (κ2) is 2.98. The molecule has 0 saturated heterocycles. The third kappa shape index (κ3) is 1.69. The van der Waals surface area contributed by atoms with Crippen molar-refractivity contribution in [1.29, 1.82) is 0 Å². The molecule has 74 valence electrons. The molecule has 0 unspecified atom stereocenters. The van der Waals surface area contributed by atoms with Gasteiger partial charge in [-0.25, -0.2) is 13.4 Å². The minimum Gasteiger partial charge on any atom is -0.305 e. The molecule has 0 aliphatic rings. The van der Waals surface area contributed by atoms with Gasteiger partial charge in [0.1, 0.15) is 0 Å². The molecule has 0 aromatic carbocycles. The van der Waals surface area contributed by atoms with E-state index in [2.05, 4.69) is 9.71 Å². The molecule has 0 atom stereocenters. The summed E-state index contributed by atoms with van der Waals surface area (Å²) in [6.07, 6.45) is 6.28. The van der Waals surface area contributed by atoms with Gasteiger partial charge in [-0.2, -0.15) is 0 Å². The van der Waals surface area contributed by atoms with E-state index in [-0.39, 0.29) is 0 Å². The van der Waals surface area contributed by atoms with Gasteiger partial charge in [-0.1, -0.05) is 0 Å². The third-order valence-corrected chi connectivity index (χ3v) is 2.31. The number of fused-ring (bicyclic) bond motifs is 1. The van der Waals surface area contributed by atoms with Crippen molar-refractivity contribution in [3.63, 3.8) is 0 Å². The minimum atomic E-state index is -3.25. The first-order valence-corrected chi connectivity index (χ1v) is 5.85. The van der Waals surface area contributed by atoms with E-state index in [0.29, 0.717) is 11.3 Å². The van der Waals surface area contributed by atoms with Crippen LogP contribution in [0.25, 0.3) is 5.65 Å². The van der Waals surface area contributed by atoms with E-state index in [4.69, 9.17) is 0 Å². The Bertz CT molecular complexity index is 559. The Morgan fingerprint density at radius 1 is 1.43 bits per heavy atom. The highest BCUT2D eigenvalue weighted by molar-refractivity contribution is 7.92. The highest BCUT2D eigenvalue weighted by Gasteiger charge is 2.06. The summed E-state index contributed by atoms with van der Waals surface area (Å²) in [6, 6.07) is 3.42. The molecule has 0 aliphatic heterocycles. The normalized spacial score (nSPS) is 11.8. The summed E-state index contributed by atoms with van der Waals surface area (Å²) < 4.78 is 26.2. The summed E-state index contributed by atoms with van der Waals surface area (Å²) in [7, 11) is -3.25. The Hall–Kier alpha value is -1.56. The van der Waals surface area contributed by atoms with Crippen LogP contribution in [0.1, 0.15) is 0 Å². The molecular weight excluding hydrogens is 202 g/mol. The first-order valence-electron chi connectivity index (χ1n) is 3.96. The van der Waals surface area contributed by atoms with Crippen LogP contribution in [0.3, 0.4) is 0 Å². The number of hydrogen-bond donors (Lipinski definition) is 1. The van der Waals surface area contributed by atoms with E-state index < -0.39 is 10.0 Å². The molecule has 0 fully saturated rings. The van der Waals surface area contributed by atoms with Crippen LogP contribution < -0.4 is 4.72 Å². The number of nitrogens with one attached hydrogen (secondary N) is 1. The summed E-state index contributed by atoms with van der Waals surface area (Å²) in [6.45, 7) is 0. The lowest BCUT2D eigenvalue weighted by Crippen LogP contribution is -2.10. The van der Waals surface area contributed by atoms with Gasteiger partial charge in [-0.3, -0.25) is 4.72 Å². The first kappa shape index (κ1) is 9.01. The molecule has 0 aliphatic carbocycles. The molecule has 0 bridgehead atoms. The van der Waals surface area contributed by atoms with Gasteiger partial charge in [0.05, 0.1) is 11.9 Å². The standard InChI is InChI=1S/C8H9N3O2S/c1-14(12,13)10-7-3-2-5-11-6-4-9-8(7)11/h2-6,10H,1H3. The number of hydrogen-bond acceptors (Lipinski definition) is 3. The second-order valence-electron chi connectivity index (χ2n) is 2.95. The van der Waals surface area contributed by atoms with Crippen molar-refractivity contribution < 1.29 is 8.42 Å². The fourth-order valence-corrected chi connectivity index (χ4v) is 1.79. The predicted molar refractivity (Wildman–Crippen MR) is 53.7 cm³/mol. The van der Waals surface area contributed by atoms with Gasteiger partial charge in [0.15, 0.2) is 5.65 Å². The van der Waals surface area contributed by atoms with Crippen LogP contribution in [-0.2, 0) is 10.0 Å². The zero-order chi connectivity index (χ0) is 10.2. The van der Waals surface area contributed by atoms with Crippen molar-refractivity contribution in [2.24, 2.45) is 0 Å². The molecule has 2 heterocycles. The Morgan fingerprint density at radius 2 is 2.21 bits per heavy atom. The topological polar surface area (TPSA) is 63.5 Å². The van der Waals surface area contributed by atoms with E-state index in [1.165, 1.54) is 0 Å². The van der Waals surface area contributed by atoms with Crippen molar-refractivity contribution in [2.45, 2.75) is 0 Å². The number of anilines is 1. The Labute approximate surface area is 81.4 Å². The summed E-state index contributed by atoms with van der Waals surface area (Å²) in [5.74, 6) is 0. The van der Waals surface area contributed by atoms with Crippen LogP contribution in [0.2, 0.25) is 0 Å². The zero-order valence-corrected chi connectivity index (χ0v) is 8.32. The quantitative estimate of drug-likeness (QED) is 0.795. The predicted octanol–water partition coefficient (Wildman–Crippen LogP) is 0.706. The molecular formula is C8H9N3O2S. The molecule has 2 aromatic heterocycles. The van der Waals surface area contributed by atoms with Crippen LogP contribution in [0.4, 0.5) is 5.69 Å². The molecule has 0 spiro atoms. The van der Waals surface area contributed by atoms with Gasteiger partial charge >= 0.3 is 0 Å². The average Bonchev–Trinajstić information content (AvgIpc) is 2.49. The van der Waals surface area contributed by atoms with Gasteiger partial charge in [0.2, 0.25) is 10.0 Å². The van der Waals surface area contributed by atoms with Crippen molar-refractivity contribution >= 4 is 21.4 Å². The molecule has 0 saturated carbocycles. The lowest BCUT2D eigenvalue weighted by atomic mass is 10.4. The van der Waals surface area contributed by atoms with Crippen LogP contribution in [0.15, 0.2) is 30.7 Å². The van der Waals surface area contributed by atoms with E-state index in [0.717, 1.165) is 6.26 Å². The van der Waals surface area contributed by atoms with Crippen LogP contribution in [0.5, 0.6) is 0 Å². The Balaban J connectivity index is 2.57. The number of rotatable bonds is 2. The van der Waals surface area contributed by atoms with E-state index >= 15 is 0 Å². The molecule has 0 amide bonds. The van der Waals surface area contributed by atoms with Crippen LogP contribution >= 0.6 is 0 Å². The first-order chi connectivity index (χ1) is 6.56.